The Balaban J connectivity index is 2.51. The molecule has 1 aromatic rings. The number of rotatable bonds is 6. The molecule has 1 aromatic carbocycles. The molecule has 0 aliphatic heterocycles. The van der Waals surface area contributed by atoms with E-state index in [0.29, 0.717) is 12.8 Å². The lowest BCUT2D eigenvalue weighted by molar-refractivity contribution is 0.0691. The van der Waals surface area contributed by atoms with Crippen LogP contribution in [0.25, 0.3) is 0 Å². The summed E-state index contributed by atoms with van der Waals surface area (Å²) in [7, 11) is -3.95. The summed E-state index contributed by atoms with van der Waals surface area (Å²) in [4.78, 5) is 10.7. The molecule has 116 valence electrons. The maximum atomic E-state index is 13.7. The summed E-state index contributed by atoms with van der Waals surface area (Å²) in [6, 6.07) is 1.76. The first-order chi connectivity index (χ1) is 9.78. The van der Waals surface area contributed by atoms with Gasteiger partial charge in [0.2, 0.25) is 10.0 Å². The van der Waals surface area contributed by atoms with E-state index in [9.17, 15) is 17.6 Å². The summed E-state index contributed by atoms with van der Waals surface area (Å²) in [5.41, 5.74) is -0.721. The highest BCUT2D eigenvalue weighted by molar-refractivity contribution is 7.89. The Morgan fingerprint density at radius 1 is 1.43 bits per heavy atom. The zero-order valence-corrected chi connectivity index (χ0v) is 12.2. The van der Waals surface area contributed by atoms with Crippen LogP contribution in [0.3, 0.4) is 0 Å². The number of benzene rings is 1. The molecule has 0 bridgehead atoms. The maximum absolute atomic E-state index is 13.7. The quantitative estimate of drug-likeness (QED) is 0.815. The van der Waals surface area contributed by atoms with Gasteiger partial charge in [0.25, 0.3) is 0 Å². The molecule has 0 atom stereocenters. The highest BCUT2D eigenvalue weighted by Crippen LogP contribution is 2.32. The van der Waals surface area contributed by atoms with Gasteiger partial charge >= 0.3 is 5.97 Å². The minimum Gasteiger partial charge on any atom is -0.478 e. The number of carboxylic acid groups (broad SMARTS) is 1. The topological polar surface area (TPSA) is 94.9 Å². The molecule has 1 saturated carbocycles. The Hall–Kier alpha value is -1.51. The van der Waals surface area contributed by atoms with Crippen LogP contribution in [0.2, 0.25) is 0 Å². The zero-order chi connectivity index (χ0) is 15.8. The van der Waals surface area contributed by atoms with Gasteiger partial charge in [0, 0.05) is 12.6 Å². The Labute approximate surface area is 121 Å². The molecule has 0 aromatic heterocycles. The predicted molar refractivity (Wildman–Crippen MR) is 72.1 cm³/mol. The highest BCUT2D eigenvalue weighted by Gasteiger charge is 2.38. The van der Waals surface area contributed by atoms with Crippen LogP contribution in [-0.4, -0.2) is 48.1 Å². The fraction of sp³-hybridized carbons (Fsp3) is 0.462. The van der Waals surface area contributed by atoms with Crippen LogP contribution in [0, 0.1) is 12.7 Å². The molecule has 1 fully saturated rings. The van der Waals surface area contributed by atoms with Crippen LogP contribution in [0.5, 0.6) is 0 Å². The SMILES string of the molecule is Cc1cc(S(=O)(=O)N(CCO)C2CC2)cc(C(=O)O)c1F. The first kappa shape index (κ1) is 15.9. The second-order valence-electron chi connectivity index (χ2n) is 4.98. The third kappa shape index (κ3) is 3.07. The van der Waals surface area contributed by atoms with Crippen molar-refractivity contribution in [2.75, 3.05) is 13.2 Å². The van der Waals surface area contributed by atoms with Crippen molar-refractivity contribution in [3.05, 3.63) is 29.1 Å². The molecule has 6 nitrogen and oxygen atoms in total. The average Bonchev–Trinajstić information content (AvgIpc) is 3.22. The number of aliphatic hydroxyl groups is 1. The summed E-state index contributed by atoms with van der Waals surface area (Å²) < 4.78 is 39.9. The molecule has 1 aliphatic carbocycles. The standard InChI is InChI=1S/C13H16FNO5S/c1-8-6-10(7-11(12(8)14)13(17)18)21(19,20)15(4-5-16)9-2-3-9/h6-7,9,16H,2-5H2,1H3,(H,17,18). The molecule has 0 saturated heterocycles. The maximum Gasteiger partial charge on any atom is 0.338 e. The van der Waals surface area contributed by atoms with Gasteiger partial charge in [0.05, 0.1) is 17.1 Å². The molecule has 0 unspecified atom stereocenters. The molecular weight excluding hydrogens is 301 g/mol. The molecule has 0 spiro atoms. The van der Waals surface area contributed by atoms with Crippen molar-refractivity contribution in [3.63, 3.8) is 0 Å². The normalized spacial score (nSPS) is 15.4. The van der Waals surface area contributed by atoms with Crippen molar-refractivity contribution in [2.45, 2.75) is 30.7 Å². The summed E-state index contributed by atoms with van der Waals surface area (Å²) >= 11 is 0. The molecule has 8 heteroatoms. The molecule has 0 heterocycles. The third-order valence-electron chi connectivity index (χ3n) is 3.34. The number of carbonyl (C=O) groups is 1. The van der Waals surface area contributed by atoms with Crippen LogP contribution in [0.4, 0.5) is 4.39 Å². The Kier molecular flexibility index (Phi) is 4.31. The lowest BCUT2D eigenvalue weighted by Crippen LogP contribution is -2.35. The van der Waals surface area contributed by atoms with E-state index in [1.54, 1.807) is 0 Å². The van der Waals surface area contributed by atoms with Gasteiger partial charge in [0.15, 0.2) is 0 Å². The summed E-state index contributed by atoms with van der Waals surface area (Å²) in [5.74, 6) is -2.46. The van der Waals surface area contributed by atoms with Gasteiger partial charge in [0.1, 0.15) is 5.82 Å². The van der Waals surface area contributed by atoms with E-state index in [0.717, 1.165) is 16.4 Å². The second-order valence-corrected chi connectivity index (χ2v) is 6.87. The van der Waals surface area contributed by atoms with Crippen molar-refractivity contribution >= 4 is 16.0 Å². The molecule has 0 amide bonds. The smallest absolute Gasteiger partial charge is 0.338 e. The first-order valence-electron chi connectivity index (χ1n) is 6.45. The van der Waals surface area contributed by atoms with E-state index in [4.69, 9.17) is 10.2 Å². The first-order valence-corrected chi connectivity index (χ1v) is 7.89. The number of aliphatic hydroxyl groups excluding tert-OH is 1. The summed E-state index contributed by atoms with van der Waals surface area (Å²) in [6.07, 6.45) is 1.40. The summed E-state index contributed by atoms with van der Waals surface area (Å²) in [6.45, 7) is 0.918. The summed E-state index contributed by atoms with van der Waals surface area (Å²) in [5, 5.41) is 18.0. The number of halogens is 1. The Bertz CT molecular complexity index is 669. The lowest BCUT2D eigenvalue weighted by Gasteiger charge is -2.21. The van der Waals surface area contributed by atoms with Crippen molar-refractivity contribution in [3.8, 4) is 0 Å². The van der Waals surface area contributed by atoms with Crippen LogP contribution < -0.4 is 0 Å². The van der Waals surface area contributed by atoms with E-state index in [1.807, 2.05) is 0 Å². The lowest BCUT2D eigenvalue weighted by atomic mass is 10.1. The number of hydrogen-bond acceptors (Lipinski definition) is 4. The van der Waals surface area contributed by atoms with Crippen molar-refractivity contribution in [1.82, 2.24) is 4.31 Å². The van der Waals surface area contributed by atoms with Crippen LogP contribution in [0.15, 0.2) is 17.0 Å². The van der Waals surface area contributed by atoms with Gasteiger partial charge in [-0.2, -0.15) is 4.31 Å². The van der Waals surface area contributed by atoms with Gasteiger partial charge in [-0.15, -0.1) is 0 Å². The molecular formula is C13H16FNO5S. The minimum absolute atomic E-state index is 0.0479. The van der Waals surface area contributed by atoms with E-state index in [1.165, 1.54) is 6.92 Å². The van der Waals surface area contributed by atoms with Crippen molar-refractivity contribution in [1.29, 1.82) is 0 Å². The van der Waals surface area contributed by atoms with Crippen molar-refractivity contribution < 1.29 is 27.8 Å². The van der Waals surface area contributed by atoms with Gasteiger partial charge < -0.3 is 10.2 Å². The van der Waals surface area contributed by atoms with Gasteiger partial charge in [-0.1, -0.05) is 0 Å². The number of carboxylic acids is 1. The number of sulfonamides is 1. The van der Waals surface area contributed by atoms with Crippen LogP contribution >= 0.6 is 0 Å². The third-order valence-corrected chi connectivity index (χ3v) is 5.27. The van der Waals surface area contributed by atoms with Crippen molar-refractivity contribution in [2.24, 2.45) is 0 Å². The molecule has 21 heavy (non-hydrogen) atoms. The second kappa shape index (κ2) is 5.70. The molecule has 0 radical (unpaired) electrons. The van der Waals surface area contributed by atoms with Gasteiger partial charge in [-0.25, -0.2) is 17.6 Å². The fourth-order valence-corrected chi connectivity index (χ4v) is 3.93. The van der Waals surface area contributed by atoms with Gasteiger partial charge in [-0.3, -0.25) is 0 Å². The number of nitrogens with zero attached hydrogens (tertiary/aromatic N) is 1. The zero-order valence-electron chi connectivity index (χ0n) is 11.4. The van der Waals surface area contributed by atoms with Crippen LogP contribution in [0.1, 0.15) is 28.8 Å². The van der Waals surface area contributed by atoms with E-state index < -0.39 is 27.4 Å². The van der Waals surface area contributed by atoms with Gasteiger partial charge in [-0.05, 0) is 37.5 Å². The Morgan fingerprint density at radius 2 is 2.05 bits per heavy atom. The molecule has 2 rings (SSSR count). The number of hydrogen-bond donors (Lipinski definition) is 2. The van der Waals surface area contributed by atoms with E-state index in [2.05, 4.69) is 0 Å². The predicted octanol–water partition coefficient (Wildman–Crippen LogP) is 0.978. The number of aryl methyl sites for hydroxylation is 1. The van der Waals surface area contributed by atoms with E-state index in [-0.39, 0.29) is 29.7 Å². The highest BCUT2D eigenvalue weighted by atomic mass is 32.2. The monoisotopic (exact) mass is 317 g/mol. The largest absolute Gasteiger partial charge is 0.478 e. The minimum atomic E-state index is -3.95. The molecule has 2 N–H and O–H groups in total. The Morgan fingerprint density at radius 3 is 2.52 bits per heavy atom. The molecule has 1 aliphatic rings. The fourth-order valence-electron chi connectivity index (χ4n) is 2.14. The van der Waals surface area contributed by atoms with E-state index >= 15 is 0 Å². The van der Waals surface area contributed by atoms with Crippen LogP contribution in [-0.2, 0) is 10.0 Å². The average molecular weight is 317 g/mol. The number of aromatic carboxylic acids is 1.